The summed E-state index contributed by atoms with van der Waals surface area (Å²) in [4.78, 5) is 0. The van der Waals surface area contributed by atoms with Gasteiger partial charge in [-0.15, -0.1) is 0 Å². The lowest BCUT2D eigenvalue weighted by atomic mass is 10.1. The lowest BCUT2D eigenvalue weighted by Gasteiger charge is -2.13. The van der Waals surface area contributed by atoms with Crippen molar-refractivity contribution < 1.29 is 9.84 Å². The van der Waals surface area contributed by atoms with Gasteiger partial charge in [0.15, 0.2) is 11.5 Å². The molecule has 0 radical (unpaired) electrons. The molecular weight excluding hydrogens is 274 g/mol. The molecule has 2 aromatic rings. The summed E-state index contributed by atoms with van der Waals surface area (Å²) < 4.78 is 5.37. The Hall–Kier alpha value is -1.87. The van der Waals surface area contributed by atoms with Crippen LogP contribution in [0.25, 0.3) is 0 Å². The quantitative estimate of drug-likeness (QED) is 0.860. The minimum atomic E-state index is 0.182. The summed E-state index contributed by atoms with van der Waals surface area (Å²) in [6.45, 7) is 4.93. The van der Waals surface area contributed by atoms with Crippen LogP contribution < -0.4 is 10.1 Å². The zero-order valence-corrected chi connectivity index (χ0v) is 12.4. The number of benzene rings is 2. The molecule has 20 heavy (non-hydrogen) atoms. The van der Waals surface area contributed by atoms with E-state index in [1.54, 1.807) is 6.07 Å². The van der Waals surface area contributed by atoms with Crippen molar-refractivity contribution in [1.29, 1.82) is 0 Å². The van der Waals surface area contributed by atoms with Gasteiger partial charge in [-0.3, -0.25) is 0 Å². The molecule has 0 heterocycles. The van der Waals surface area contributed by atoms with E-state index in [0.717, 1.165) is 16.8 Å². The zero-order chi connectivity index (χ0) is 14.5. The highest BCUT2D eigenvalue weighted by atomic mass is 35.5. The van der Waals surface area contributed by atoms with Crippen LogP contribution in [0.5, 0.6) is 11.5 Å². The first-order valence-electron chi connectivity index (χ1n) is 6.55. The van der Waals surface area contributed by atoms with E-state index in [1.165, 1.54) is 0 Å². The highest BCUT2D eigenvalue weighted by Crippen LogP contribution is 2.30. The number of hydrogen-bond donors (Lipinski definition) is 2. The lowest BCUT2D eigenvalue weighted by molar-refractivity contribution is 0.317. The Kier molecular flexibility index (Phi) is 4.74. The van der Waals surface area contributed by atoms with E-state index in [9.17, 15) is 5.11 Å². The first-order valence-corrected chi connectivity index (χ1v) is 6.93. The van der Waals surface area contributed by atoms with E-state index in [4.69, 9.17) is 16.3 Å². The van der Waals surface area contributed by atoms with Crippen LogP contribution >= 0.6 is 11.6 Å². The van der Waals surface area contributed by atoms with Crippen LogP contribution in [-0.2, 0) is 6.54 Å². The van der Waals surface area contributed by atoms with Crippen molar-refractivity contribution in [2.24, 2.45) is 0 Å². The molecule has 0 amide bonds. The van der Waals surface area contributed by atoms with Crippen LogP contribution in [0.1, 0.15) is 18.1 Å². The van der Waals surface area contributed by atoms with Gasteiger partial charge in [-0.05, 0) is 37.6 Å². The zero-order valence-electron chi connectivity index (χ0n) is 11.6. The van der Waals surface area contributed by atoms with Gasteiger partial charge in [0.05, 0.1) is 6.61 Å². The third kappa shape index (κ3) is 3.36. The van der Waals surface area contributed by atoms with E-state index in [0.29, 0.717) is 23.9 Å². The monoisotopic (exact) mass is 291 g/mol. The van der Waals surface area contributed by atoms with E-state index >= 15 is 0 Å². The smallest absolute Gasteiger partial charge is 0.162 e. The molecule has 0 bridgehead atoms. The molecule has 0 aliphatic carbocycles. The van der Waals surface area contributed by atoms with E-state index in [1.807, 2.05) is 44.2 Å². The number of aryl methyl sites for hydroxylation is 1. The minimum absolute atomic E-state index is 0.182. The number of nitrogens with one attached hydrogen (secondary N) is 1. The molecule has 0 saturated carbocycles. The average Bonchev–Trinajstić information content (AvgIpc) is 2.43. The highest BCUT2D eigenvalue weighted by molar-refractivity contribution is 6.30. The number of anilines is 1. The topological polar surface area (TPSA) is 41.5 Å². The van der Waals surface area contributed by atoms with Gasteiger partial charge >= 0.3 is 0 Å². The normalized spacial score (nSPS) is 10.3. The molecule has 106 valence electrons. The number of halogens is 1. The van der Waals surface area contributed by atoms with Crippen molar-refractivity contribution >= 4 is 17.3 Å². The van der Waals surface area contributed by atoms with Gasteiger partial charge in [-0.2, -0.15) is 0 Å². The summed E-state index contributed by atoms with van der Waals surface area (Å²) in [5, 5.41) is 14.1. The number of phenols is 1. The second kappa shape index (κ2) is 6.53. The Morgan fingerprint density at radius 1 is 1.25 bits per heavy atom. The molecule has 0 atom stereocenters. The van der Waals surface area contributed by atoms with Crippen LogP contribution in [0, 0.1) is 6.92 Å². The molecule has 0 aromatic heterocycles. The van der Waals surface area contributed by atoms with E-state index in [-0.39, 0.29) is 5.75 Å². The molecule has 0 spiro atoms. The molecule has 0 aliphatic rings. The minimum Gasteiger partial charge on any atom is -0.504 e. The van der Waals surface area contributed by atoms with Crippen molar-refractivity contribution in [3.05, 3.63) is 52.5 Å². The van der Waals surface area contributed by atoms with Crippen molar-refractivity contribution in [2.75, 3.05) is 11.9 Å². The summed E-state index contributed by atoms with van der Waals surface area (Å²) in [5.74, 6) is 0.691. The fourth-order valence-corrected chi connectivity index (χ4v) is 2.13. The average molecular weight is 292 g/mol. The van der Waals surface area contributed by atoms with Gasteiger partial charge < -0.3 is 15.2 Å². The molecule has 4 heteroatoms. The SMILES string of the molecule is CCOc1cccc(CNc2cc(Cl)ccc2C)c1O. The largest absolute Gasteiger partial charge is 0.504 e. The second-order valence-corrected chi connectivity index (χ2v) is 4.95. The second-order valence-electron chi connectivity index (χ2n) is 4.51. The summed E-state index contributed by atoms with van der Waals surface area (Å²) in [5.41, 5.74) is 2.85. The van der Waals surface area contributed by atoms with Gasteiger partial charge in [-0.25, -0.2) is 0 Å². The van der Waals surface area contributed by atoms with Crippen molar-refractivity contribution in [3.8, 4) is 11.5 Å². The maximum atomic E-state index is 10.1. The lowest BCUT2D eigenvalue weighted by Crippen LogP contribution is -2.02. The van der Waals surface area contributed by atoms with E-state index < -0.39 is 0 Å². The molecular formula is C16H18ClNO2. The molecule has 2 rings (SSSR count). The van der Waals surface area contributed by atoms with Gasteiger partial charge in [0.1, 0.15) is 0 Å². The number of phenolic OH excluding ortho intramolecular Hbond substituents is 1. The van der Waals surface area contributed by atoms with Gasteiger partial charge in [-0.1, -0.05) is 29.8 Å². The Balaban J connectivity index is 2.14. The van der Waals surface area contributed by atoms with Crippen LogP contribution in [0.4, 0.5) is 5.69 Å². The van der Waals surface area contributed by atoms with Crippen molar-refractivity contribution in [2.45, 2.75) is 20.4 Å². The van der Waals surface area contributed by atoms with Crippen molar-refractivity contribution in [1.82, 2.24) is 0 Å². The number of ether oxygens (including phenoxy) is 1. The molecule has 0 saturated heterocycles. The van der Waals surface area contributed by atoms with Crippen LogP contribution in [0.2, 0.25) is 5.02 Å². The summed E-state index contributed by atoms with van der Waals surface area (Å²) >= 11 is 5.99. The number of hydrogen-bond acceptors (Lipinski definition) is 3. The molecule has 0 fully saturated rings. The Labute approximate surface area is 124 Å². The highest BCUT2D eigenvalue weighted by Gasteiger charge is 2.08. The van der Waals surface area contributed by atoms with Gasteiger partial charge in [0, 0.05) is 22.8 Å². The Bertz CT molecular complexity index is 599. The number of aromatic hydroxyl groups is 1. The fourth-order valence-electron chi connectivity index (χ4n) is 1.96. The fraction of sp³-hybridized carbons (Fsp3) is 0.250. The molecule has 2 aromatic carbocycles. The molecule has 0 unspecified atom stereocenters. The van der Waals surface area contributed by atoms with Gasteiger partial charge in [0.2, 0.25) is 0 Å². The number of rotatable bonds is 5. The standard InChI is InChI=1S/C16H18ClNO2/c1-3-20-15-6-4-5-12(16(15)19)10-18-14-9-13(17)8-7-11(14)2/h4-9,18-19H,3,10H2,1-2H3. The first kappa shape index (κ1) is 14.5. The van der Waals surface area contributed by atoms with Crippen LogP contribution in [0.3, 0.4) is 0 Å². The molecule has 0 aliphatic heterocycles. The third-order valence-corrected chi connectivity index (χ3v) is 3.29. The van der Waals surface area contributed by atoms with Crippen LogP contribution in [0.15, 0.2) is 36.4 Å². The summed E-state index contributed by atoms with van der Waals surface area (Å²) in [6, 6.07) is 11.2. The third-order valence-electron chi connectivity index (χ3n) is 3.05. The Morgan fingerprint density at radius 2 is 2.05 bits per heavy atom. The predicted molar refractivity (Wildman–Crippen MR) is 82.8 cm³/mol. The first-order chi connectivity index (χ1) is 9.61. The maximum absolute atomic E-state index is 10.1. The number of para-hydroxylation sites is 1. The van der Waals surface area contributed by atoms with Crippen molar-refractivity contribution in [3.63, 3.8) is 0 Å². The maximum Gasteiger partial charge on any atom is 0.162 e. The Morgan fingerprint density at radius 3 is 2.80 bits per heavy atom. The summed E-state index contributed by atoms with van der Waals surface area (Å²) in [6.07, 6.45) is 0. The van der Waals surface area contributed by atoms with Gasteiger partial charge in [0.25, 0.3) is 0 Å². The predicted octanol–water partition coefficient (Wildman–Crippen LogP) is 4.36. The molecule has 3 nitrogen and oxygen atoms in total. The summed E-state index contributed by atoms with van der Waals surface area (Å²) in [7, 11) is 0. The van der Waals surface area contributed by atoms with Crippen LogP contribution in [-0.4, -0.2) is 11.7 Å². The molecule has 2 N–H and O–H groups in total. The van der Waals surface area contributed by atoms with E-state index in [2.05, 4.69) is 5.32 Å².